The maximum absolute atomic E-state index is 11.4. The molecule has 0 bridgehead atoms. The minimum atomic E-state index is -0.208. The SMILES string of the molecule is CC[C@H](C)NC(=O)CSc1nccc(=O)[nH]1. The van der Waals surface area contributed by atoms with E-state index in [1.807, 2.05) is 13.8 Å². The van der Waals surface area contributed by atoms with E-state index in [9.17, 15) is 9.59 Å². The van der Waals surface area contributed by atoms with Crippen LogP contribution in [0.25, 0.3) is 0 Å². The van der Waals surface area contributed by atoms with Gasteiger partial charge < -0.3 is 10.3 Å². The van der Waals surface area contributed by atoms with E-state index in [1.165, 1.54) is 24.0 Å². The van der Waals surface area contributed by atoms with Crippen molar-refractivity contribution in [3.05, 3.63) is 22.6 Å². The average molecular weight is 241 g/mol. The molecule has 1 rings (SSSR count). The molecule has 0 spiro atoms. The van der Waals surface area contributed by atoms with Crippen LogP contribution in [0, 0.1) is 0 Å². The van der Waals surface area contributed by atoms with Crippen molar-refractivity contribution in [3.63, 3.8) is 0 Å². The smallest absolute Gasteiger partial charge is 0.251 e. The zero-order valence-corrected chi connectivity index (χ0v) is 10.1. The summed E-state index contributed by atoms with van der Waals surface area (Å²) in [6.45, 7) is 3.96. The summed E-state index contributed by atoms with van der Waals surface area (Å²) in [7, 11) is 0. The van der Waals surface area contributed by atoms with E-state index in [0.29, 0.717) is 5.16 Å². The fourth-order valence-corrected chi connectivity index (χ4v) is 1.64. The van der Waals surface area contributed by atoms with Crippen molar-refractivity contribution in [1.82, 2.24) is 15.3 Å². The zero-order chi connectivity index (χ0) is 12.0. The highest BCUT2D eigenvalue weighted by molar-refractivity contribution is 7.99. The summed E-state index contributed by atoms with van der Waals surface area (Å²) in [5, 5.41) is 3.30. The van der Waals surface area contributed by atoms with Crippen LogP contribution in [0.5, 0.6) is 0 Å². The number of hydrogen-bond donors (Lipinski definition) is 2. The number of nitrogens with zero attached hydrogens (tertiary/aromatic N) is 1. The molecule has 0 aliphatic rings. The molecule has 1 heterocycles. The molecular formula is C10H15N3O2S. The van der Waals surface area contributed by atoms with E-state index >= 15 is 0 Å². The molecule has 1 aromatic heterocycles. The van der Waals surface area contributed by atoms with Crippen LogP contribution in [-0.2, 0) is 4.79 Å². The highest BCUT2D eigenvalue weighted by Gasteiger charge is 2.06. The van der Waals surface area contributed by atoms with Crippen molar-refractivity contribution in [2.75, 3.05) is 5.75 Å². The molecular weight excluding hydrogens is 226 g/mol. The minimum absolute atomic E-state index is 0.0501. The predicted octanol–water partition coefficient (Wildman–Crippen LogP) is 0.777. The van der Waals surface area contributed by atoms with Crippen LogP contribution in [0.15, 0.2) is 22.2 Å². The lowest BCUT2D eigenvalue weighted by Gasteiger charge is -2.10. The van der Waals surface area contributed by atoms with Crippen LogP contribution < -0.4 is 10.9 Å². The van der Waals surface area contributed by atoms with Gasteiger partial charge in [-0.25, -0.2) is 4.98 Å². The molecule has 1 aromatic rings. The molecule has 2 N–H and O–H groups in total. The number of hydrogen-bond acceptors (Lipinski definition) is 4. The highest BCUT2D eigenvalue weighted by Crippen LogP contribution is 2.09. The van der Waals surface area contributed by atoms with Gasteiger partial charge in [0.25, 0.3) is 5.56 Å². The quantitative estimate of drug-likeness (QED) is 0.590. The van der Waals surface area contributed by atoms with Gasteiger partial charge in [0, 0.05) is 18.3 Å². The second-order valence-electron chi connectivity index (χ2n) is 3.40. The molecule has 0 saturated carbocycles. The molecule has 0 aliphatic heterocycles. The van der Waals surface area contributed by atoms with E-state index in [0.717, 1.165) is 6.42 Å². The summed E-state index contributed by atoms with van der Waals surface area (Å²) in [6.07, 6.45) is 2.32. The number of aromatic amines is 1. The van der Waals surface area contributed by atoms with Crippen LogP contribution >= 0.6 is 11.8 Å². The van der Waals surface area contributed by atoms with Gasteiger partial charge in [0.15, 0.2) is 5.16 Å². The third-order valence-corrected chi connectivity index (χ3v) is 2.90. The van der Waals surface area contributed by atoms with E-state index in [4.69, 9.17) is 0 Å². The maximum atomic E-state index is 11.4. The van der Waals surface area contributed by atoms with E-state index in [1.54, 1.807) is 0 Å². The number of thioether (sulfide) groups is 1. The van der Waals surface area contributed by atoms with E-state index < -0.39 is 0 Å². The van der Waals surface area contributed by atoms with Crippen molar-refractivity contribution in [2.24, 2.45) is 0 Å². The fraction of sp³-hybridized carbons (Fsp3) is 0.500. The highest BCUT2D eigenvalue weighted by atomic mass is 32.2. The summed E-state index contributed by atoms with van der Waals surface area (Å²) in [4.78, 5) is 28.9. The molecule has 5 nitrogen and oxygen atoms in total. The number of carbonyl (C=O) groups excluding carboxylic acids is 1. The Morgan fingerprint density at radius 3 is 3.06 bits per heavy atom. The predicted molar refractivity (Wildman–Crippen MR) is 63.5 cm³/mol. The molecule has 6 heteroatoms. The fourth-order valence-electron chi connectivity index (χ4n) is 0.978. The Kier molecular flexibility index (Phi) is 5.04. The summed E-state index contributed by atoms with van der Waals surface area (Å²) in [5.41, 5.74) is -0.208. The van der Waals surface area contributed by atoms with Gasteiger partial charge in [-0.3, -0.25) is 9.59 Å². The Morgan fingerprint density at radius 1 is 1.69 bits per heavy atom. The van der Waals surface area contributed by atoms with Crippen LogP contribution in [0.1, 0.15) is 20.3 Å². The van der Waals surface area contributed by atoms with Crippen LogP contribution in [0.4, 0.5) is 0 Å². The lowest BCUT2D eigenvalue weighted by Crippen LogP contribution is -2.33. The first-order valence-electron chi connectivity index (χ1n) is 5.09. The van der Waals surface area contributed by atoms with Gasteiger partial charge in [-0.05, 0) is 13.3 Å². The van der Waals surface area contributed by atoms with Gasteiger partial charge in [-0.2, -0.15) is 0 Å². The second-order valence-corrected chi connectivity index (χ2v) is 4.37. The van der Waals surface area contributed by atoms with Gasteiger partial charge in [-0.1, -0.05) is 18.7 Å². The molecule has 0 radical (unpaired) electrons. The summed E-state index contributed by atoms with van der Waals surface area (Å²) in [6, 6.07) is 1.51. The molecule has 0 unspecified atom stereocenters. The largest absolute Gasteiger partial charge is 0.353 e. The van der Waals surface area contributed by atoms with Gasteiger partial charge in [0.05, 0.1) is 5.75 Å². The van der Waals surface area contributed by atoms with E-state index in [2.05, 4.69) is 15.3 Å². The first kappa shape index (κ1) is 12.8. The molecule has 1 amide bonds. The molecule has 16 heavy (non-hydrogen) atoms. The normalized spacial score (nSPS) is 12.1. The Labute approximate surface area is 98.1 Å². The number of aromatic nitrogens is 2. The number of H-pyrrole nitrogens is 1. The second kappa shape index (κ2) is 6.32. The van der Waals surface area contributed by atoms with Gasteiger partial charge in [0.2, 0.25) is 5.91 Å². The molecule has 1 atom stereocenters. The topological polar surface area (TPSA) is 74.8 Å². The lowest BCUT2D eigenvalue weighted by molar-refractivity contribution is -0.119. The summed E-state index contributed by atoms with van der Waals surface area (Å²) >= 11 is 1.22. The third-order valence-electron chi connectivity index (χ3n) is 2.01. The van der Waals surface area contributed by atoms with Gasteiger partial charge in [-0.15, -0.1) is 0 Å². The van der Waals surface area contributed by atoms with Crippen molar-refractivity contribution in [3.8, 4) is 0 Å². The maximum Gasteiger partial charge on any atom is 0.251 e. The van der Waals surface area contributed by atoms with Crippen molar-refractivity contribution in [1.29, 1.82) is 0 Å². The lowest BCUT2D eigenvalue weighted by atomic mass is 10.3. The summed E-state index contributed by atoms with van der Waals surface area (Å²) < 4.78 is 0. The standard InChI is InChI=1S/C10H15N3O2S/c1-3-7(2)12-9(15)6-16-10-11-5-4-8(14)13-10/h4-5,7H,3,6H2,1-2H3,(H,12,15)(H,11,13,14)/t7-/m0/s1. The monoisotopic (exact) mass is 241 g/mol. The van der Waals surface area contributed by atoms with Gasteiger partial charge >= 0.3 is 0 Å². The van der Waals surface area contributed by atoms with E-state index in [-0.39, 0.29) is 23.3 Å². The number of rotatable bonds is 5. The molecule has 0 aromatic carbocycles. The minimum Gasteiger partial charge on any atom is -0.353 e. The van der Waals surface area contributed by atoms with Gasteiger partial charge in [0.1, 0.15) is 0 Å². The number of nitrogens with one attached hydrogen (secondary N) is 2. The van der Waals surface area contributed by atoms with Crippen LogP contribution in [0.3, 0.4) is 0 Å². The number of carbonyl (C=O) groups is 1. The Morgan fingerprint density at radius 2 is 2.44 bits per heavy atom. The Bertz CT molecular complexity index is 405. The molecule has 0 saturated heterocycles. The Balaban J connectivity index is 2.40. The van der Waals surface area contributed by atoms with Crippen LogP contribution in [-0.4, -0.2) is 27.7 Å². The molecule has 0 aliphatic carbocycles. The Hall–Kier alpha value is -1.30. The first-order chi connectivity index (χ1) is 7.61. The zero-order valence-electron chi connectivity index (χ0n) is 9.32. The first-order valence-corrected chi connectivity index (χ1v) is 6.08. The van der Waals surface area contributed by atoms with Crippen molar-refractivity contribution < 1.29 is 4.79 Å². The third kappa shape index (κ3) is 4.48. The van der Waals surface area contributed by atoms with Crippen molar-refractivity contribution in [2.45, 2.75) is 31.5 Å². The summed E-state index contributed by atoms with van der Waals surface area (Å²) in [5.74, 6) is 0.211. The molecule has 88 valence electrons. The van der Waals surface area contributed by atoms with Crippen LogP contribution in [0.2, 0.25) is 0 Å². The molecule has 0 fully saturated rings. The van der Waals surface area contributed by atoms with Crippen molar-refractivity contribution >= 4 is 17.7 Å². The average Bonchev–Trinajstić information content (AvgIpc) is 2.26. The number of amides is 1.